The second-order valence-corrected chi connectivity index (χ2v) is 5.85. The summed E-state index contributed by atoms with van der Waals surface area (Å²) in [7, 11) is 1.72. The largest absolute Gasteiger partial charge is 0.479 e. The first kappa shape index (κ1) is 17.7. The van der Waals surface area contributed by atoms with Crippen molar-refractivity contribution in [2.75, 3.05) is 38.2 Å². The van der Waals surface area contributed by atoms with Crippen LogP contribution >= 0.6 is 0 Å². The Morgan fingerprint density at radius 2 is 2.13 bits per heavy atom. The highest BCUT2D eigenvalue weighted by Gasteiger charge is 2.29. The van der Waals surface area contributed by atoms with Crippen LogP contribution in [-0.2, 0) is 4.79 Å². The van der Waals surface area contributed by atoms with E-state index in [2.05, 4.69) is 4.90 Å². The van der Waals surface area contributed by atoms with Gasteiger partial charge in [0.25, 0.3) is 5.91 Å². The molecule has 2 N–H and O–H groups in total. The molecule has 1 heterocycles. The van der Waals surface area contributed by atoms with Crippen molar-refractivity contribution in [2.45, 2.75) is 32.5 Å². The van der Waals surface area contributed by atoms with Crippen molar-refractivity contribution < 1.29 is 19.7 Å². The van der Waals surface area contributed by atoms with Crippen LogP contribution in [0.1, 0.15) is 31.9 Å². The van der Waals surface area contributed by atoms with Crippen molar-refractivity contribution in [2.24, 2.45) is 0 Å². The quantitative estimate of drug-likeness (QED) is 0.788. The lowest BCUT2D eigenvalue weighted by Crippen LogP contribution is -2.42. The number of anilines is 1. The Labute approximate surface area is 137 Å². The Bertz CT molecular complexity index is 549. The van der Waals surface area contributed by atoms with E-state index in [1.807, 2.05) is 19.1 Å². The molecule has 6 nitrogen and oxygen atoms in total. The third kappa shape index (κ3) is 4.02. The van der Waals surface area contributed by atoms with Gasteiger partial charge in [0.1, 0.15) is 5.75 Å². The number of carbonyl (C=O) groups is 1. The molecule has 1 aromatic carbocycles. The SMILES string of the molecule is CCN(CCO)CCC(O)c1ccc2c(c1)N(C)C(=O)C(C)O2. The zero-order chi connectivity index (χ0) is 17.0. The van der Waals surface area contributed by atoms with Crippen LogP contribution in [0.3, 0.4) is 0 Å². The molecule has 1 aromatic rings. The zero-order valence-corrected chi connectivity index (χ0v) is 14.0. The van der Waals surface area contributed by atoms with E-state index in [-0.39, 0.29) is 12.5 Å². The van der Waals surface area contributed by atoms with Gasteiger partial charge in [-0.25, -0.2) is 0 Å². The normalized spacial score (nSPS) is 18.8. The molecule has 0 radical (unpaired) electrons. The Balaban J connectivity index is 2.08. The number of nitrogens with zero attached hydrogens (tertiary/aromatic N) is 2. The van der Waals surface area contributed by atoms with Gasteiger partial charge in [0.2, 0.25) is 0 Å². The summed E-state index contributed by atoms with van der Waals surface area (Å²) >= 11 is 0. The number of aliphatic hydroxyl groups excluding tert-OH is 2. The molecule has 0 saturated carbocycles. The fourth-order valence-corrected chi connectivity index (χ4v) is 2.78. The predicted molar refractivity (Wildman–Crippen MR) is 88.7 cm³/mol. The number of fused-ring (bicyclic) bond motifs is 1. The summed E-state index contributed by atoms with van der Waals surface area (Å²) in [6, 6.07) is 5.45. The van der Waals surface area contributed by atoms with Gasteiger partial charge >= 0.3 is 0 Å². The minimum absolute atomic E-state index is 0.0933. The number of hydrogen-bond donors (Lipinski definition) is 2. The number of carbonyl (C=O) groups excluding carboxylic acids is 1. The number of benzene rings is 1. The molecule has 0 spiro atoms. The average molecular weight is 322 g/mol. The van der Waals surface area contributed by atoms with Crippen molar-refractivity contribution >= 4 is 11.6 Å². The van der Waals surface area contributed by atoms with Gasteiger partial charge in [0.05, 0.1) is 18.4 Å². The summed E-state index contributed by atoms with van der Waals surface area (Å²) in [5, 5.41) is 19.4. The van der Waals surface area contributed by atoms with Crippen LogP contribution in [0.2, 0.25) is 0 Å². The van der Waals surface area contributed by atoms with Gasteiger partial charge in [0.15, 0.2) is 6.10 Å². The summed E-state index contributed by atoms with van der Waals surface area (Å²) in [5.74, 6) is 0.565. The Morgan fingerprint density at radius 1 is 1.39 bits per heavy atom. The van der Waals surface area contributed by atoms with E-state index < -0.39 is 12.2 Å². The van der Waals surface area contributed by atoms with Gasteiger partial charge in [-0.3, -0.25) is 4.79 Å². The van der Waals surface area contributed by atoms with Gasteiger partial charge in [-0.05, 0) is 37.6 Å². The summed E-state index contributed by atoms with van der Waals surface area (Å²) < 4.78 is 5.59. The molecule has 2 unspecified atom stereocenters. The van der Waals surface area contributed by atoms with Crippen molar-refractivity contribution in [1.82, 2.24) is 4.90 Å². The molecule has 1 aliphatic rings. The first-order chi connectivity index (χ1) is 11.0. The molecular weight excluding hydrogens is 296 g/mol. The maximum absolute atomic E-state index is 12.0. The molecule has 2 rings (SSSR count). The van der Waals surface area contributed by atoms with Crippen LogP contribution in [0.25, 0.3) is 0 Å². The molecule has 0 aliphatic carbocycles. The van der Waals surface area contributed by atoms with Crippen LogP contribution < -0.4 is 9.64 Å². The number of ether oxygens (including phenoxy) is 1. The first-order valence-corrected chi connectivity index (χ1v) is 8.07. The standard InChI is InChI=1S/C17H26N2O4/c1-4-19(9-10-20)8-7-15(21)13-5-6-16-14(11-13)18(3)17(22)12(2)23-16/h5-6,11-12,15,20-21H,4,7-10H2,1-3H3. The fourth-order valence-electron chi connectivity index (χ4n) is 2.78. The number of hydrogen-bond acceptors (Lipinski definition) is 5. The average Bonchev–Trinajstić information content (AvgIpc) is 2.56. The van der Waals surface area contributed by atoms with E-state index >= 15 is 0 Å². The third-order valence-corrected chi connectivity index (χ3v) is 4.29. The van der Waals surface area contributed by atoms with E-state index in [0.717, 1.165) is 12.1 Å². The van der Waals surface area contributed by atoms with Crippen LogP contribution in [0.5, 0.6) is 5.75 Å². The summed E-state index contributed by atoms with van der Waals surface area (Å²) in [6.45, 7) is 6.02. The minimum Gasteiger partial charge on any atom is -0.479 e. The molecule has 0 fully saturated rings. The van der Waals surface area contributed by atoms with E-state index in [0.29, 0.717) is 30.9 Å². The van der Waals surface area contributed by atoms with Gasteiger partial charge in [-0.2, -0.15) is 0 Å². The van der Waals surface area contributed by atoms with Gasteiger partial charge in [0, 0.05) is 20.1 Å². The maximum atomic E-state index is 12.0. The van der Waals surface area contributed by atoms with Crippen molar-refractivity contribution in [3.05, 3.63) is 23.8 Å². The number of aliphatic hydroxyl groups is 2. The zero-order valence-electron chi connectivity index (χ0n) is 14.0. The van der Waals surface area contributed by atoms with Gasteiger partial charge < -0.3 is 24.7 Å². The molecule has 128 valence electrons. The van der Waals surface area contributed by atoms with Crippen molar-refractivity contribution in [3.8, 4) is 5.75 Å². The highest BCUT2D eigenvalue weighted by Crippen LogP contribution is 2.35. The lowest BCUT2D eigenvalue weighted by atomic mass is 10.0. The molecule has 0 aromatic heterocycles. The lowest BCUT2D eigenvalue weighted by molar-refractivity contribution is -0.125. The summed E-state index contributed by atoms with van der Waals surface area (Å²) in [4.78, 5) is 15.7. The van der Waals surface area contributed by atoms with E-state index in [9.17, 15) is 9.90 Å². The molecule has 0 bridgehead atoms. The Morgan fingerprint density at radius 3 is 2.78 bits per heavy atom. The van der Waals surface area contributed by atoms with Gasteiger partial charge in [-0.15, -0.1) is 0 Å². The monoisotopic (exact) mass is 322 g/mol. The van der Waals surface area contributed by atoms with Crippen molar-refractivity contribution in [3.63, 3.8) is 0 Å². The smallest absolute Gasteiger partial charge is 0.267 e. The summed E-state index contributed by atoms with van der Waals surface area (Å²) in [5.41, 5.74) is 1.45. The van der Waals surface area contributed by atoms with Gasteiger partial charge in [-0.1, -0.05) is 13.0 Å². The Kier molecular flexibility index (Phi) is 5.98. The highest BCUT2D eigenvalue weighted by atomic mass is 16.5. The topological polar surface area (TPSA) is 73.2 Å². The second kappa shape index (κ2) is 7.77. The number of rotatable bonds is 7. The fraction of sp³-hybridized carbons (Fsp3) is 0.588. The number of amides is 1. The second-order valence-electron chi connectivity index (χ2n) is 5.85. The third-order valence-electron chi connectivity index (χ3n) is 4.29. The highest BCUT2D eigenvalue weighted by molar-refractivity contribution is 5.99. The van der Waals surface area contributed by atoms with Crippen molar-refractivity contribution in [1.29, 1.82) is 0 Å². The Hall–Kier alpha value is -1.63. The molecule has 23 heavy (non-hydrogen) atoms. The van der Waals surface area contributed by atoms with E-state index in [4.69, 9.17) is 9.84 Å². The lowest BCUT2D eigenvalue weighted by Gasteiger charge is -2.31. The van der Waals surface area contributed by atoms with Crippen LogP contribution in [0.15, 0.2) is 18.2 Å². The first-order valence-electron chi connectivity index (χ1n) is 8.07. The predicted octanol–water partition coefficient (Wildman–Crippen LogP) is 1.17. The van der Waals surface area contributed by atoms with Crippen LogP contribution in [0, 0.1) is 0 Å². The molecule has 1 aliphatic heterocycles. The molecular formula is C17H26N2O4. The summed E-state index contributed by atoms with van der Waals surface area (Å²) in [6.07, 6.45) is -0.530. The molecule has 1 amide bonds. The van der Waals surface area contributed by atoms with E-state index in [1.165, 1.54) is 0 Å². The maximum Gasteiger partial charge on any atom is 0.267 e. The van der Waals surface area contributed by atoms with Crippen LogP contribution in [-0.4, -0.2) is 60.4 Å². The number of likely N-dealkylation sites (N-methyl/N-ethyl adjacent to an activating group) is 2. The minimum atomic E-state index is -0.615. The van der Waals surface area contributed by atoms with Crippen LogP contribution in [0.4, 0.5) is 5.69 Å². The molecule has 6 heteroatoms. The molecule has 0 saturated heterocycles. The van der Waals surface area contributed by atoms with E-state index in [1.54, 1.807) is 24.9 Å². The molecule has 2 atom stereocenters.